The molecule has 4 nitrogen and oxygen atoms in total. The summed E-state index contributed by atoms with van der Waals surface area (Å²) < 4.78 is 16.8. The molecule has 0 bridgehead atoms. The number of hydrogen-bond donors (Lipinski definition) is 0. The molecule has 0 atom stereocenters. The molecule has 5 heteroatoms. The lowest BCUT2D eigenvalue weighted by Crippen LogP contribution is -2.46. The molecule has 144 valence electrons. The van der Waals surface area contributed by atoms with Gasteiger partial charge in [0.05, 0.1) is 27.7 Å². The van der Waals surface area contributed by atoms with E-state index in [2.05, 4.69) is 64.7 Å². The molecule has 0 unspecified atom stereocenters. The van der Waals surface area contributed by atoms with E-state index in [4.69, 9.17) is 9.47 Å². The zero-order valence-electron chi connectivity index (χ0n) is 17.7. The molecule has 0 amide bonds. The van der Waals surface area contributed by atoms with Crippen molar-refractivity contribution in [1.29, 1.82) is 0 Å². The maximum Gasteiger partial charge on any atom is 0.132 e. The molecule has 1 aromatic rings. The van der Waals surface area contributed by atoms with Crippen LogP contribution in [-0.2, 0) is 0 Å². The average molecular weight is 369 g/mol. The average Bonchev–Trinajstić information content (AvgIpc) is 2.51. The van der Waals surface area contributed by atoms with Gasteiger partial charge in [0.1, 0.15) is 11.5 Å². The Labute approximate surface area is 156 Å². The van der Waals surface area contributed by atoms with E-state index < -0.39 is 8.22 Å². The monoisotopic (exact) mass is 368 g/mol. The Morgan fingerprint density at radius 2 is 1.00 bits per heavy atom. The predicted octanol–water partition coefficient (Wildman–Crippen LogP) is 4.88. The van der Waals surface area contributed by atoms with E-state index in [1.807, 2.05) is 18.2 Å². The van der Waals surface area contributed by atoms with Crippen LogP contribution >= 0.6 is 8.22 Å². The van der Waals surface area contributed by atoms with Crippen molar-refractivity contribution < 1.29 is 9.47 Å². The van der Waals surface area contributed by atoms with Crippen molar-refractivity contribution in [3.8, 4) is 11.5 Å². The van der Waals surface area contributed by atoms with E-state index in [0.29, 0.717) is 24.2 Å². The molecule has 0 saturated heterocycles. The van der Waals surface area contributed by atoms with Crippen LogP contribution in [0.4, 0.5) is 0 Å². The van der Waals surface area contributed by atoms with Crippen LogP contribution in [0.3, 0.4) is 0 Å². The first-order chi connectivity index (χ1) is 11.7. The fourth-order valence-corrected chi connectivity index (χ4v) is 6.62. The summed E-state index contributed by atoms with van der Waals surface area (Å²) in [5.41, 5.74) is 0. The fraction of sp³-hybridized carbons (Fsp3) is 0.700. The van der Waals surface area contributed by atoms with E-state index in [0.717, 1.165) is 11.5 Å². The molecule has 0 saturated carbocycles. The van der Waals surface area contributed by atoms with E-state index >= 15 is 0 Å². The zero-order valence-corrected chi connectivity index (χ0v) is 18.6. The lowest BCUT2D eigenvalue weighted by atomic mass is 10.3. The number of hydrogen-bond acceptors (Lipinski definition) is 4. The van der Waals surface area contributed by atoms with Crippen LogP contribution < -0.4 is 14.8 Å². The normalized spacial score (nSPS) is 12.5. The van der Waals surface area contributed by atoms with Gasteiger partial charge in [-0.15, -0.1) is 0 Å². The Morgan fingerprint density at radius 3 is 1.24 bits per heavy atom. The van der Waals surface area contributed by atoms with Gasteiger partial charge in [-0.1, -0.05) is 6.07 Å². The molecule has 0 aliphatic heterocycles. The van der Waals surface area contributed by atoms with Crippen LogP contribution in [0.1, 0.15) is 55.4 Å². The van der Waals surface area contributed by atoms with Crippen molar-refractivity contribution in [2.24, 2.45) is 0 Å². The van der Waals surface area contributed by atoms with Gasteiger partial charge < -0.3 is 9.47 Å². The molecule has 0 fully saturated rings. The topological polar surface area (TPSA) is 24.9 Å². The Balaban J connectivity index is 3.73. The number of nitrogens with zero attached hydrogens (tertiary/aromatic N) is 2. The first-order valence-electron chi connectivity index (χ1n) is 9.24. The van der Waals surface area contributed by atoms with Gasteiger partial charge in [0.2, 0.25) is 0 Å². The van der Waals surface area contributed by atoms with Crippen LogP contribution in [0.15, 0.2) is 18.2 Å². The number of ether oxygens (including phenoxy) is 2. The highest BCUT2D eigenvalue weighted by molar-refractivity contribution is 7.61. The van der Waals surface area contributed by atoms with Crippen molar-refractivity contribution >= 4 is 13.5 Å². The lowest BCUT2D eigenvalue weighted by Gasteiger charge is -2.47. The highest BCUT2D eigenvalue weighted by Crippen LogP contribution is 2.52. The molecule has 0 aliphatic rings. The van der Waals surface area contributed by atoms with E-state index in [-0.39, 0.29) is 0 Å². The van der Waals surface area contributed by atoms with Crippen molar-refractivity contribution in [3.05, 3.63) is 18.2 Å². The SMILES string of the molecule is COc1cccc(OC)c1P(N(C(C)C)C(C)C)N(C(C)C)C(C)C. The number of rotatable bonds is 9. The largest absolute Gasteiger partial charge is 0.496 e. The van der Waals surface area contributed by atoms with E-state index in [9.17, 15) is 0 Å². The maximum absolute atomic E-state index is 5.77. The molecular formula is C20H37N2O2P. The molecule has 0 spiro atoms. The molecular weight excluding hydrogens is 331 g/mol. The standard InChI is InChI=1S/C20H37N2O2P/c1-14(2)21(15(3)4)25(22(16(5)6)17(7)8)20-18(23-9)12-11-13-19(20)24-10/h11-17H,1-10H3. The molecule has 0 heterocycles. The van der Waals surface area contributed by atoms with Crippen molar-refractivity contribution in [2.45, 2.75) is 79.6 Å². The Kier molecular flexibility index (Phi) is 8.67. The molecule has 0 aliphatic carbocycles. The summed E-state index contributed by atoms with van der Waals surface area (Å²) >= 11 is 0. The van der Waals surface area contributed by atoms with Gasteiger partial charge in [-0.3, -0.25) is 9.34 Å². The minimum absolute atomic E-state index is 0.417. The van der Waals surface area contributed by atoms with E-state index in [1.54, 1.807) is 14.2 Å². The number of benzene rings is 1. The Hall–Kier alpha value is -0.830. The van der Waals surface area contributed by atoms with Crippen LogP contribution in [0.2, 0.25) is 0 Å². The highest BCUT2D eigenvalue weighted by atomic mass is 31.1. The predicted molar refractivity (Wildman–Crippen MR) is 110 cm³/mol. The molecule has 0 radical (unpaired) electrons. The third-order valence-corrected chi connectivity index (χ3v) is 7.72. The van der Waals surface area contributed by atoms with Crippen LogP contribution in [0.25, 0.3) is 0 Å². The van der Waals surface area contributed by atoms with Gasteiger partial charge in [0, 0.05) is 24.2 Å². The van der Waals surface area contributed by atoms with Crippen LogP contribution in [0.5, 0.6) is 11.5 Å². The molecule has 1 aromatic carbocycles. The van der Waals surface area contributed by atoms with Gasteiger partial charge >= 0.3 is 0 Å². The third kappa shape index (κ3) is 5.09. The van der Waals surface area contributed by atoms with Crippen molar-refractivity contribution in [3.63, 3.8) is 0 Å². The second-order valence-corrected chi connectivity index (χ2v) is 9.39. The van der Waals surface area contributed by atoms with Crippen molar-refractivity contribution in [2.75, 3.05) is 14.2 Å². The Morgan fingerprint density at radius 1 is 0.680 bits per heavy atom. The third-order valence-electron chi connectivity index (χ3n) is 4.16. The van der Waals surface area contributed by atoms with Crippen molar-refractivity contribution in [1.82, 2.24) is 9.34 Å². The van der Waals surface area contributed by atoms with Crippen LogP contribution in [0, 0.1) is 0 Å². The second kappa shape index (κ2) is 9.75. The molecule has 25 heavy (non-hydrogen) atoms. The molecule has 0 aromatic heterocycles. The lowest BCUT2D eigenvalue weighted by molar-refractivity contribution is 0.260. The van der Waals surface area contributed by atoms with E-state index in [1.165, 1.54) is 5.30 Å². The molecule has 1 rings (SSSR count). The quantitative estimate of drug-likeness (QED) is 0.580. The number of methoxy groups -OCH3 is 2. The van der Waals surface area contributed by atoms with Gasteiger partial charge in [-0.25, -0.2) is 0 Å². The molecule has 0 N–H and O–H groups in total. The first-order valence-corrected chi connectivity index (χ1v) is 10.5. The summed E-state index contributed by atoms with van der Waals surface area (Å²) in [5.74, 6) is 1.81. The zero-order chi connectivity index (χ0) is 19.3. The summed E-state index contributed by atoms with van der Waals surface area (Å²) in [6.07, 6.45) is 0. The summed E-state index contributed by atoms with van der Waals surface area (Å²) in [6.45, 7) is 18.2. The second-order valence-electron chi connectivity index (χ2n) is 7.44. The minimum Gasteiger partial charge on any atom is -0.496 e. The van der Waals surface area contributed by atoms with Gasteiger partial charge in [-0.05, 0) is 67.5 Å². The smallest absolute Gasteiger partial charge is 0.132 e. The summed E-state index contributed by atoms with van der Waals surface area (Å²) in [4.78, 5) is 0. The van der Waals surface area contributed by atoms with Gasteiger partial charge in [0.25, 0.3) is 0 Å². The summed E-state index contributed by atoms with van der Waals surface area (Å²) in [6, 6.07) is 7.76. The summed E-state index contributed by atoms with van der Waals surface area (Å²) in [5, 5.41) is 1.17. The minimum atomic E-state index is -0.777. The van der Waals surface area contributed by atoms with Gasteiger partial charge in [-0.2, -0.15) is 0 Å². The summed E-state index contributed by atoms with van der Waals surface area (Å²) in [7, 11) is 2.71. The first kappa shape index (κ1) is 22.2. The highest BCUT2D eigenvalue weighted by Gasteiger charge is 2.37. The van der Waals surface area contributed by atoms with Crippen LogP contribution in [-0.4, -0.2) is 47.7 Å². The fourth-order valence-electron chi connectivity index (χ4n) is 3.45. The maximum atomic E-state index is 5.77. The van der Waals surface area contributed by atoms with Gasteiger partial charge in [0.15, 0.2) is 0 Å². The Bertz CT molecular complexity index is 474.